The van der Waals surface area contributed by atoms with E-state index in [4.69, 9.17) is 10.5 Å². The molecule has 1 aliphatic rings. The summed E-state index contributed by atoms with van der Waals surface area (Å²) in [5, 5.41) is 23.0. The number of morpholine rings is 1. The lowest BCUT2D eigenvalue weighted by atomic mass is 10.1. The average Bonchev–Trinajstić information content (AvgIpc) is 3.19. The number of nitrogens with two attached hydrogens (primary N) is 1. The van der Waals surface area contributed by atoms with Gasteiger partial charge in [-0.3, -0.25) is 9.89 Å². The molecule has 0 unspecified atom stereocenters. The van der Waals surface area contributed by atoms with Gasteiger partial charge in [0.2, 0.25) is 0 Å². The summed E-state index contributed by atoms with van der Waals surface area (Å²) in [6, 6.07) is 8.48. The lowest BCUT2D eigenvalue weighted by Crippen LogP contribution is -2.36. The number of nitrogens with one attached hydrogen (secondary N) is 3. The van der Waals surface area contributed by atoms with Crippen molar-refractivity contribution >= 4 is 28.9 Å². The molecule has 1 fully saturated rings. The highest BCUT2D eigenvalue weighted by molar-refractivity contribution is 6.03. The zero-order chi connectivity index (χ0) is 23.5. The van der Waals surface area contributed by atoms with Crippen LogP contribution in [0.4, 0.5) is 27.4 Å². The largest absolute Gasteiger partial charge is 0.507 e. The lowest BCUT2D eigenvalue weighted by Gasteiger charge is -2.29. The summed E-state index contributed by atoms with van der Waals surface area (Å²) in [5.41, 5.74) is 9.12. The predicted molar refractivity (Wildman–Crippen MR) is 125 cm³/mol. The third kappa shape index (κ3) is 4.85. The van der Waals surface area contributed by atoms with Crippen LogP contribution >= 0.6 is 0 Å². The van der Waals surface area contributed by atoms with Crippen molar-refractivity contribution in [1.82, 2.24) is 10.2 Å². The van der Waals surface area contributed by atoms with Crippen LogP contribution in [0.25, 0.3) is 0 Å². The summed E-state index contributed by atoms with van der Waals surface area (Å²) < 4.78 is 20.0. The van der Waals surface area contributed by atoms with E-state index in [0.29, 0.717) is 50.0 Å². The number of hydrogen-bond donors (Lipinski definition) is 5. The van der Waals surface area contributed by atoms with Gasteiger partial charge in [-0.15, -0.1) is 0 Å². The zero-order valence-electron chi connectivity index (χ0n) is 18.5. The molecule has 4 rings (SSSR count). The van der Waals surface area contributed by atoms with Crippen LogP contribution in [0.5, 0.6) is 5.75 Å². The van der Waals surface area contributed by atoms with Crippen LogP contribution in [-0.4, -0.2) is 47.5 Å². The van der Waals surface area contributed by atoms with E-state index in [-0.39, 0.29) is 22.9 Å². The Kier molecular flexibility index (Phi) is 6.36. The maximum absolute atomic E-state index is 14.7. The summed E-state index contributed by atoms with van der Waals surface area (Å²) in [6.45, 7) is 6.41. The predicted octanol–water partition coefficient (Wildman–Crippen LogP) is 3.16. The van der Waals surface area contributed by atoms with E-state index < -0.39 is 5.91 Å². The molecule has 0 bridgehead atoms. The lowest BCUT2D eigenvalue weighted by molar-refractivity contribution is 0.100. The Morgan fingerprint density at radius 1 is 1.24 bits per heavy atom. The number of halogens is 1. The number of nitrogens with zero attached hydrogens (tertiary/aromatic N) is 2. The zero-order valence-corrected chi connectivity index (χ0v) is 18.5. The molecule has 0 spiro atoms. The van der Waals surface area contributed by atoms with Crippen LogP contribution in [-0.2, 0) is 11.3 Å². The number of hydrogen-bond acceptors (Lipinski definition) is 7. The summed E-state index contributed by atoms with van der Waals surface area (Å²) in [6.07, 6.45) is 0. The average molecular weight is 455 g/mol. The van der Waals surface area contributed by atoms with E-state index in [1.807, 2.05) is 30.9 Å². The molecule has 0 radical (unpaired) electrons. The van der Waals surface area contributed by atoms with Gasteiger partial charge in [0.1, 0.15) is 22.9 Å². The van der Waals surface area contributed by atoms with Gasteiger partial charge in [0.25, 0.3) is 5.91 Å². The summed E-state index contributed by atoms with van der Waals surface area (Å²) >= 11 is 0. The first-order chi connectivity index (χ1) is 15.8. The molecule has 1 amide bonds. The van der Waals surface area contributed by atoms with E-state index in [0.717, 1.165) is 16.7 Å². The first-order valence-corrected chi connectivity index (χ1v) is 10.6. The summed E-state index contributed by atoms with van der Waals surface area (Å²) in [5.74, 6) is -0.261. The molecule has 9 nitrogen and oxygen atoms in total. The number of phenols is 1. The van der Waals surface area contributed by atoms with Crippen molar-refractivity contribution in [3.8, 4) is 5.75 Å². The normalized spacial score (nSPS) is 13.7. The Labute approximate surface area is 190 Å². The van der Waals surface area contributed by atoms with Gasteiger partial charge in [-0.05, 0) is 48.7 Å². The first-order valence-electron chi connectivity index (χ1n) is 10.6. The van der Waals surface area contributed by atoms with Gasteiger partial charge < -0.3 is 31.1 Å². The fourth-order valence-corrected chi connectivity index (χ4v) is 3.92. The molecule has 10 heteroatoms. The highest BCUT2D eigenvalue weighted by Gasteiger charge is 2.20. The molecular formula is C23H27FN6O3. The van der Waals surface area contributed by atoms with Crippen LogP contribution in [0, 0.1) is 19.7 Å². The second-order valence-corrected chi connectivity index (χ2v) is 8.01. The third-order valence-corrected chi connectivity index (χ3v) is 5.60. The van der Waals surface area contributed by atoms with Gasteiger partial charge in [-0.1, -0.05) is 12.1 Å². The number of aromatic amines is 1. The van der Waals surface area contributed by atoms with Gasteiger partial charge in [0.15, 0.2) is 5.82 Å². The maximum Gasteiger partial charge on any atom is 0.256 e. The molecular weight excluding hydrogens is 427 g/mol. The number of aryl methyl sites for hydroxylation is 2. The van der Waals surface area contributed by atoms with Gasteiger partial charge in [0.05, 0.1) is 18.9 Å². The van der Waals surface area contributed by atoms with Crippen LogP contribution in [0.2, 0.25) is 0 Å². The van der Waals surface area contributed by atoms with Crippen LogP contribution in [0.15, 0.2) is 30.3 Å². The van der Waals surface area contributed by atoms with Gasteiger partial charge in [-0.2, -0.15) is 5.10 Å². The molecule has 2 heterocycles. The molecule has 3 aromatic rings. The first kappa shape index (κ1) is 22.4. The number of carbonyl (C=O) groups is 1. The van der Waals surface area contributed by atoms with Gasteiger partial charge >= 0.3 is 0 Å². The molecule has 1 aliphatic heterocycles. The highest BCUT2D eigenvalue weighted by Crippen LogP contribution is 2.29. The Balaban J connectivity index is 1.51. The molecule has 0 aliphatic carbocycles. The Morgan fingerprint density at radius 2 is 1.94 bits per heavy atom. The van der Waals surface area contributed by atoms with Crippen LogP contribution < -0.4 is 21.3 Å². The maximum atomic E-state index is 14.7. The van der Waals surface area contributed by atoms with Crippen molar-refractivity contribution < 1.29 is 19.0 Å². The molecule has 1 saturated heterocycles. The van der Waals surface area contributed by atoms with Crippen molar-refractivity contribution in [2.45, 2.75) is 20.4 Å². The monoisotopic (exact) mass is 454 g/mol. The molecule has 6 N–H and O–H groups in total. The highest BCUT2D eigenvalue weighted by atomic mass is 19.1. The quantitative estimate of drug-likeness (QED) is 0.371. The number of amides is 1. The van der Waals surface area contributed by atoms with E-state index in [1.165, 1.54) is 6.07 Å². The van der Waals surface area contributed by atoms with Crippen molar-refractivity contribution in [2.24, 2.45) is 5.73 Å². The van der Waals surface area contributed by atoms with Crippen molar-refractivity contribution in [2.75, 3.05) is 41.8 Å². The number of anilines is 4. The Morgan fingerprint density at radius 3 is 2.58 bits per heavy atom. The van der Waals surface area contributed by atoms with Crippen molar-refractivity contribution in [3.63, 3.8) is 0 Å². The molecule has 0 atom stereocenters. The van der Waals surface area contributed by atoms with Crippen molar-refractivity contribution in [1.29, 1.82) is 0 Å². The number of rotatable bonds is 7. The minimum absolute atomic E-state index is 0.139. The number of benzene rings is 2. The van der Waals surface area contributed by atoms with Crippen LogP contribution in [0.3, 0.4) is 0 Å². The van der Waals surface area contributed by atoms with Crippen LogP contribution in [0.1, 0.15) is 27.0 Å². The van der Waals surface area contributed by atoms with Gasteiger partial charge in [-0.25, -0.2) is 4.39 Å². The fraction of sp³-hybridized carbons (Fsp3) is 0.304. The Hall–Kier alpha value is -3.79. The van der Waals surface area contributed by atoms with E-state index in [1.54, 1.807) is 12.1 Å². The third-order valence-electron chi connectivity index (χ3n) is 5.60. The van der Waals surface area contributed by atoms with E-state index >= 15 is 0 Å². The standard InChI is InChI=1S/C23H27FN6O3/c1-13-9-15(10-14(2)20(13)31)12-26-22-19(21(25)32)23(29-28-22)27-16-3-4-18(17(24)11-16)30-5-7-33-8-6-30/h3-4,9-11,31H,5-8,12H2,1-2H3,(H2,25,32)(H3,26,27,28,29). The topological polar surface area (TPSA) is 129 Å². The molecule has 33 heavy (non-hydrogen) atoms. The number of phenolic OH excluding ortho intramolecular Hbond substituents is 1. The number of carbonyl (C=O) groups excluding carboxylic acids is 1. The SMILES string of the molecule is Cc1cc(CNc2[nH]nc(Nc3ccc(N4CCOCC4)c(F)c3)c2C(N)=O)cc(C)c1O. The molecule has 1 aromatic heterocycles. The smallest absolute Gasteiger partial charge is 0.256 e. The second kappa shape index (κ2) is 9.37. The van der Waals surface area contributed by atoms with E-state index in [9.17, 15) is 14.3 Å². The molecule has 174 valence electrons. The summed E-state index contributed by atoms with van der Waals surface area (Å²) in [4.78, 5) is 14.1. The molecule has 2 aromatic carbocycles. The second-order valence-electron chi connectivity index (χ2n) is 8.01. The van der Waals surface area contributed by atoms with E-state index in [2.05, 4.69) is 20.8 Å². The molecule has 0 saturated carbocycles. The summed E-state index contributed by atoms with van der Waals surface area (Å²) in [7, 11) is 0. The minimum atomic E-state index is -0.683. The number of H-pyrrole nitrogens is 1. The number of primary amides is 1. The number of ether oxygens (including phenoxy) is 1. The minimum Gasteiger partial charge on any atom is -0.507 e. The number of aromatic nitrogens is 2. The Bertz CT molecular complexity index is 1150. The fourth-order valence-electron chi connectivity index (χ4n) is 3.92. The number of aromatic hydroxyl groups is 1. The van der Waals surface area contributed by atoms with Crippen molar-refractivity contribution in [3.05, 3.63) is 58.4 Å². The van der Waals surface area contributed by atoms with Gasteiger partial charge in [0, 0.05) is 25.3 Å².